The number of hydrogen-bond donors (Lipinski definition) is 0. The lowest BCUT2D eigenvalue weighted by molar-refractivity contribution is 0.0404. The summed E-state index contributed by atoms with van der Waals surface area (Å²) in [6.07, 6.45) is 0.0529. The van der Waals surface area contributed by atoms with Gasteiger partial charge in [-0.2, -0.15) is 0 Å². The number of halogens is 3. The van der Waals surface area contributed by atoms with Crippen LogP contribution in [0.25, 0.3) is 0 Å². The third-order valence-corrected chi connectivity index (χ3v) is 5.29. The van der Waals surface area contributed by atoms with Crippen LogP contribution in [0.2, 0.25) is 5.02 Å². The first-order valence-corrected chi connectivity index (χ1v) is 10.1. The zero-order valence-electron chi connectivity index (χ0n) is 16.5. The number of rotatable bonds is 6. The Balaban J connectivity index is 1.53. The molecule has 3 aromatic carbocycles. The van der Waals surface area contributed by atoms with Crippen molar-refractivity contribution in [2.75, 3.05) is 6.54 Å². The van der Waals surface area contributed by atoms with Crippen LogP contribution in [0.15, 0.2) is 78.0 Å². The SMILES string of the molecule is O=C(c1cccc(F)c1)N(Cc1cccc(F)c1)C[C@@H]1CC(c2ccccc2Cl)=NO1. The summed E-state index contributed by atoms with van der Waals surface area (Å²) in [6, 6.07) is 18.8. The van der Waals surface area contributed by atoms with Crippen molar-refractivity contribution in [1.82, 2.24) is 4.90 Å². The maximum absolute atomic E-state index is 13.7. The zero-order valence-corrected chi connectivity index (χ0v) is 17.2. The Morgan fingerprint density at radius 2 is 1.77 bits per heavy atom. The molecule has 0 bridgehead atoms. The van der Waals surface area contributed by atoms with E-state index in [4.69, 9.17) is 16.4 Å². The largest absolute Gasteiger partial charge is 0.390 e. The van der Waals surface area contributed by atoms with Gasteiger partial charge in [-0.05, 0) is 42.0 Å². The Hall–Kier alpha value is -3.25. The molecule has 0 N–H and O–H groups in total. The molecule has 31 heavy (non-hydrogen) atoms. The van der Waals surface area contributed by atoms with E-state index in [0.29, 0.717) is 22.7 Å². The summed E-state index contributed by atoms with van der Waals surface area (Å²) in [5.74, 6) is -1.27. The van der Waals surface area contributed by atoms with Gasteiger partial charge in [-0.1, -0.05) is 53.2 Å². The van der Waals surface area contributed by atoms with Crippen LogP contribution in [0, 0.1) is 11.6 Å². The lowest BCUT2D eigenvalue weighted by Crippen LogP contribution is -2.37. The summed E-state index contributed by atoms with van der Waals surface area (Å²) < 4.78 is 27.3. The first-order chi connectivity index (χ1) is 15.0. The van der Waals surface area contributed by atoms with Crippen LogP contribution in [0.5, 0.6) is 0 Å². The maximum Gasteiger partial charge on any atom is 0.254 e. The molecular weight excluding hydrogens is 422 g/mol. The highest BCUT2D eigenvalue weighted by atomic mass is 35.5. The van der Waals surface area contributed by atoms with Crippen molar-refractivity contribution in [1.29, 1.82) is 0 Å². The number of amides is 1. The molecule has 0 saturated heterocycles. The second-order valence-corrected chi connectivity index (χ2v) is 7.68. The van der Waals surface area contributed by atoms with Crippen LogP contribution in [-0.2, 0) is 11.4 Å². The fourth-order valence-corrected chi connectivity index (χ4v) is 3.75. The summed E-state index contributed by atoms with van der Waals surface area (Å²) in [6.45, 7) is 0.345. The third-order valence-electron chi connectivity index (χ3n) is 4.96. The molecule has 4 nitrogen and oxygen atoms in total. The average molecular weight is 441 g/mol. The predicted molar refractivity (Wildman–Crippen MR) is 115 cm³/mol. The molecule has 0 saturated carbocycles. The van der Waals surface area contributed by atoms with E-state index in [0.717, 1.165) is 5.56 Å². The third kappa shape index (κ3) is 5.09. The summed E-state index contributed by atoms with van der Waals surface area (Å²) in [4.78, 5) is 20.2. The van der Waals surface area contributed by atoms with Gasteiger partial charge in [0.2, 0.25) is 0 Å². The van der Waals surface area contributed by atoms with Gasteiger partial charge in [0.1, 0.15) is 11.6 Å². The zero-order chi connectivity index (χ0) is 21.8. The van der Waals surface area contributed by atoms with Gasteiger partial charge in [-0.3, -0.25) is 4.79 Å². The van der Waals surface area contributed by atoms with E-state index in [1.165, 1.54) is 35.2 Å². The molecule has 1 aliphatic rings. The normalized spacial score (nSPS) is 15.3. The molecule has 1 aliphatic heterocycles. The van der Waals surface area contributed by atoms with Crippen LogP contribution in [0.3, 0.4) is 0 Å². The van der Waals surface area contributed by atoms with Crippen LogP contribution >= 0.6 is 11.6 Å². The highest BCUT2D eigenvalue weighted by Gasteiger charge is 2.28. The molecule has 3 aromatic rings. The number of nitrogens with zero attached hydrogens (tertiary/aromatic N) is 2. The second kappa shape index (κ2) is 9.27. The lowest BCUT2D eigenvalue weighted by atomic mass is 10.0. The Kier molecular flexibility index (Phi) is 6.28. The van der Waals surface area contributed by atoms with Gasteiger partial charge in [0.05, 0.1) is 12.3 Å². The molecule has 1 atom stereocenters. The van der Waals surface area contributed by atoms with Crippen molar-refractivity contribution in [3.8, 4) is 0 Å². The molecular formula is C24H19ClF2N2O2. The van der Waals surface area contributed by atoms with Crippen LogP contribution in [-0.4, -0.2) is 29.2 Å². The molecule has 7 heteroatoms. The molecule has 1 amide bonds. The van der Waals surface area contributed by atoms with Gasteiger partial charge >= 0.3 is 0 Å². The topological polar surface area (TPSA) is 41.9 Å². The van der Waals surface area contributed by atoms with E-state index in [2.05, 4.69) is 5.16 Å². The Morgan fingerprint density at radius 1 is 1.03 bits per heavy atom. The molecule has 0 unspecified atom stereocenters. The molecule has 0 fully saturated rings. The van der Waals surface area contributed by atoms with Gasteiger partial charge in [-0.25, -0.2) is 8.78 Å². The molecule has 1 heterocycles. The van der Waals surface area contributed by atoms with Crippen molar-refractivity contribution < 1.29 is 18.4 Å². The van der Waals surface area contributed by atoms with E-state index in [1.807, 2.05) is 18.2 Å². The van der Waals surface area contributed by atoms with Crippen LogP contribution in [0.1, 0.15) is 27.9 Å². The van der Waals surface area contributed by atoms with Crippen molar-refractivity contribution in [3.05, 3.63) is 106 Å². The molecule has 4 rings (SSSR count). The smallest absolute Gasteiger partial charge is 0.254 e. The van der Waals surface area contributed by atoms with Crippen molar-refractivity contribution in [2.45, 2.75) is 19.1 Å². The number of carbonyl (C=O) groups is 1. The minimum atomic E-state index is -0.502. The highest BCUT2D eigenvalue weighted by molar-refractivity contribution is 6.34. The Bertz CT molecular complexity index is 1140. The van der Waals surface area contributed by atoms with E-state index >= 15 is 0 Å². The summed E-state index contributed by atoms with van der Waals surface area (Å²) in [7, 11) is 0. The van der Waals surface area contributed by atoms with E-state index in [-0.39, 0.29) is 24.6 Å². The van der Waals surface area contributed by atoms with Gasteiger partial charge in [0.25, 0.3) is 5.91 Å². The minimum absolute atomic E-state index is 0.147. The van der Waals surface area contributed by atoms with E-state index in [9.17, 15) is 13.6 Å². The lowest BCUT2D eigenvalue weighted by Gasteiger charge is -2.25. The van der Waals surface area contributed by atoms with Gasteiger partial charge < -0.3 is 9.74 Å². The summed E-state index contributed by atoms with van der Waals surface area (Å²) in [5, 5.41) is 4.71. The first kappa shape index (κ1) is 21.0. The van der Waals surface area contributed by atoms with Gasteiger partial charge in [-0.15, -0.1) is 0 Å². The molecule has 0 aliphatic carbocycles. The fraction of sp³-hybridized carbons (Fsp3) is 0.167. The summed E-state index contributed by atoms with van der Waals surface area (Å²) >= 11 is 6.25. The molecule has 0 aromatic heterocycles. The minimum Gasteiger partial charge on any atom is -0.390 e. The van der Waals surface area contributed by atoms with Crippen LogP contribution in [0.4, 0.5) is 8.78 Å². The Labute approximate surface area is 183 Å². The molecule has 0 radical (unpaired) electrons. The number of carbonyl (C=O) groups excluding carboxylic acids is 1. The van der Waals surface area contributed by atoms with Gasteiger partial charge in [0.15, 0.2) is 6.10 Å². The standard InChI is InChI=1S/C24H19ClF2N2O2/c25-22-10-2-1-9-21(22)23-13-20(31-28-23)15-29(14-16-5-3-7-18(26)11-16)24(30)17-6-4-8-19(27)12-17/h1-12,20H,13-15H2/t20-/m0/s1. The maximum atomic E-state index is 13.7. The second-order valence-electron chi connectivity index (χ2n) is 7.28. The predicted octanol–water partition coefficient (Wildman–Crippen LogP) is 5.45. The van der Waals surface area contributed by atoms with E-state index in [1.54, 1.807) is 24.3 Å². The number of hydrogen-bond acceptors (Lipinski definition) is 3. The first-order valence-electron chi connectivity index (χ1n) is 9.76. The monoisotopic (exact) mass is 440 g/mol. The molecule has 0 spiro atoms. The van der Waals surface area contributed by atoms with Crippen molar-refractivity contribution >= 4 is 23.2 Å². The van der Waals surface area contributed by atoms with Gasteiger partial charge in [0, 0.05) is 29.1 Å². The average Bonchev–Trinajstić information content (AvgIpc) is 3.21. The van der Waals surface area contributed by atoms with Crippen molar-refractivity contribution in [3.63, 3.8) is 0 Å². The molecule has 158 valence electrons. The number of benzene rings is 3. The quantitative estimate of drug-likeness (QED) is 0.511. The Morgan fingerprint density at radius 3 is 2.52 bits per heavy atom. The highest BCUT2D eigenvalue weighted by Crippen LogP contribution is 2.24. The summed E-state index contributed by atoms with van der Waals surface area (Å²) in [5.41, 5.74) is 2.30. The van der Waals surface area contributed by atoms with Crippen LogP contribution < -0.4 is 0 Å². The fourth-order valence-electron chi connectivity index (χ4n) is 3.51. The number of oxime groups is 1. The van der Waals surface area contributed by atoms with E-state index < -0.39 is 17.7 Å². The van der Waals surface area contributed by atoms with Crippen molar-refractivity contribution in [2.24, 2.45) is 5.16 Å².